The molecule has 606 valence electrons. The standard InChI is InChI=1S/C83H162O17P2/c1-9-75(7)61-53-45-37-29-23-17-11-12-18-25-31-41-49-57-65-82(87)99-78(69-93-80(85)63-55-47-39-30-24-19-13-15-21-27-35-43-51-59-73(3)4)71-97-101(89,90)95-67-77(84)68-96-102(91,92)98-72-79(70-94-81(86)64-56-48-40-34-33-38-46-54-62-76(8)10-2)100-83(88)66-58-50-42-32-26-20-14-16-22-28-36-44-52-60-74(5)6/h73-79,84H,9-72H2,1-8H3,(H,89,90)(H,91,92)/t75?,76?,77-,78-,79-/m1/s1. The van der Waals surface area contributed by atoms with Crippen LogP contribution in [-0.2, 0) is 65.4 Å². The molecule has 19 heteroatoms. The number of aliphatic hydroxyl groups is 1. The number of rotatable bonds is 80. The van der Waals surface area contributed by atoms with Crippen LogP contribution < -0.4 is 0 Å². The number of unbranched alkanes of at least 4 members (excludes halogenated alkanes) is 44. The molecule has 0 bridgehead atoms. The number of hydrogen-bond donors (Lipinski definition) is 3. The number of carbonyl (C=O) groups is 4. The van der Waals surface area contributed by atoms with E-state index in [2.05, 4.69) is 55.4 Å². The van der Waals surface area contributed by atoms with Gasteiger partial charge in [0.05, 0.1) is 26.4 Å². The lowest BCUT2D eigenvalue weighted by molar-refractivity contribution is -0.161. The van der Waals surface area contributed by atoms with Crippen LogP contribution in [-0.4, -0.2) is 96.7 Å². The molecule has 0 aliphatic rings. The Hall–Kier alpha value is -1.94. The van der Waals surface area contributed by atoms with Crippen LogP contribution in [0.25, 0.3) is 0 Å². The molecule has 0 amide bonds. The van der Waals surface area contributed by atoms with Crippen LogP contribution in [0, 0.1) is 23.7 Å². The van der Waals surface area contributed by atoms with Crippen LogP contribution in [0.5, 0.6) is 0 Å². The van der Waals surface area contributed by atoms with Gasteiger partial charge in [-0.15, -0.1) is 0 Å². The van der Waals surface area contributed by atoms with Crippen molar-refractivity contribution in [2.24, 2.45) is 23.7 Å². The molecule has 0 saturated heterocycles. The van der Waals surface area contributed by atoms with Crippen molar-refractivity contribution in [1.29, 1.82) is 0 Å². The van der Waals surface area contributed by atoms with Gasteiger partial charge in [0, 0.05) is 25.7 Å². The van der Waals surface area contributed by atoms with E-state index in [9.17, 15) is 43.2 Å². The zero-order valence-corrected chi connectivity index (χ0v) is 69.0. The molecule has 0 aromatic rings. The molecule has 0 fully saturated rings. The normalized spacial score (nSPS) is 14.5. The minimum absolute atomic E-state index is 0.107. The molecule has 7 atom stereocenters. The van der Waals surface area contributed by atoms with E-state index in [0.717, 1.165) is 114 Å². The third kappa shape index (κ3) is 73.6. The Labute approximate surface area is 626 Å². The number of phosphoric acid groups is 2. The molecule has 0 heterocycles. The number of aliphatic hydroxyl groups excluding tert-OH is 1. The first-order valence-corrected chi connectivity index (χ1v) is 45.8. The Bertz CT molecular complexity index is 1990. The minimum Gasteiger partial charge on any atom is -0.462 e. The molecule has 0 aliphatic carbocycles. The van der Waals surface area contributed by atoms with Crippen molar-refractivity contribution in [2.45, 2.75) is 446 Å². The van der Waals surface area contributed by atoms with Gasteiger partial charge in [0.2, 0.25) is 0 Å². The van der Waals surface area contributed by atoms with Crippen LogP contribution in [0.1, 0.15) is 428 Å². The molecular formula is C83H162O17P2. The van der Waals surface area contributed by atoms with E-state index in [0.29, 0.717) is 25.7 Å². The number of carbonyl (C=O) groups excluding carboxylic acids is 4. The van der Waals surface area contributed by atoms with E-state index in [4.69, 9.17) is 37.0 Å². The molecule has 102 heavy (non-hydrogen) atoms. The van der Waals surface area contributed by atoms with Crippen molar-refractivity contribution in [3.8, 4) is 0 Å². The van der Waals surface area contributed by atoms with E-state index in [1.54, 1.807) is 0 Å². The highest BCUT2D eigenvalue weighted by atomic mass is 31.2. The first kappa shape index (κ1) is 100. The summed E-state index contributed by atoms with van der Waals surface area (Å²) in [5.41, 5.74) is 0. The summed E-state index contributed by atoms with van der Waals surface area (Å²) in [6.07, 6.45) is 59.4. The van der Waals surface area contributed by atoms with E-state index in [-0.39, 0.29) is 25.7 Å². The van der Waals surface area contributed by atoms with Gasteiger partial charge in [-0.25, -0.2) is 9.13 Å². The second kappa shape index (κ2) is 72.0. The lowest BCUT2D eigenvalue weighted by Crippen LogP contribution is -2.30. The summed E-state index contributed by atoms with van der Waals surface area (Å²) in [5.74, 6) is 1.09. The number of ether oxygens (including phenoxy) is 4. The molecule has 0 radical (unpaired) electrons. The minimum atomic E-state index is -4.96. The molecule has 0 saturated carbocycles. The van der Waals surface area contributed by atoms with Crippen LogP contribution in [0.15, 0.2) is 0 Å². The summed E-state index contributed by atoms with van der Waals surface area (Å²) in [6, 6.07) is 0. The van der Waals surface area contributed by atoms with Gasteiger partial charge in [-0.05, 0) is 49.4 Å². The predicted octanol–water partition coefficient (Wildman–Crippen LogP) is 24.8. The average molecular weight is 1490 g/mol. The zero-order valence-electron chi connectivity index (χ0n) is 67.2. The third-order valence-electron chi connectivity index (χ3n) is 20.0. The Morgan fingerprint density at radius 1 is 0.275 bits per heavy atom. The Balaban J connectivity index is 5.28. The van der Waals surface area contributed by atoms with Crippen LogP contribution in [0.2, 0.25) is 0 Å². The summed E-state index contributed by atoms with van der Waals surface area (Å²) >= 11 is 0. The van der Waals surface area contributed by atoms with Crippen molar-refractivity contribution < 1.29 is 80.2 Å². The number of hydrogen-bond acceptors (Lipinski definition) is 15. The Kier molecular flexibility index (Phi) is 70.6. The summed E-state index contributed by atoms with van der Waals surface area (Å²) in [6.45, 7) is 14.4. The molecule has 4 unspecified atom stereocenters. The van der Waals surface area contributed by atoms with Crippen molar-refractivity contribution in [2.75, 3.05) is 39.6 Å². The van der Waals surface area contributed by atoms with Crippen LogP contribution in [0.4, 0.5) is 0 Å². The highest BCUT2D eigenvalue weighted by Crippen LogP contribution is 2.45. The fourth-order valence-electron chi connectivity index (χ4n) is 12.7. The summed E-state index contributed by atoms with van der Waals surface area (Å²) in [5, 5.41) is 10.7. The van der Waals surface area contributed by atoms with E-state index in [1.807, 2.05) is 0 Å². The molecule has 0 rings (SSSR count). The van der Waals surface area contributed by atoms with Gasteiger partial charge in [-0.2, -0.15) is 0 Å². The lowest BCUT2D eigenvalue weighted by Gasteiger charge is -2.21. The molecule has 17 nitrogen and oxygen atoms in total. The fraction of sp³-hybridized carbons (Fsp3) is 0.952. The molecule has 0 aliphatic heterocycles. The molecule has 0 aromatic carbocycles. The monoisotopic (exact) mass is 1490 g/mol. The smallest absolute Gasteiger partial charge is 0.462 e. The third-order valence-corrected chi connectivity index (χ3v) is 21.9. The molecule has 0 aromatic heterocycles. The zero-order chi connectivity index (χ0) is 75.3. The van der Waals surface area contributed by atoms with Crippen LogP contribution >= 0.6 is 15.6 Å². The van der Waals surface area contributed by atoms with Crippen molar-refractivity contribution >= 4 is 39.5 Å². The highest BCUT2D eigenvalue weighted by Gasteiger charge is 2.30. The van der Waals surface area contributed by atoms with Crippen molar-refractivity contribution in [3.63, 3.8) is 0 Å². The first-order chi connectivity index (χ1) is 49.2. The van der Waals surface area contributed by atoms with E-state index >= 15 is 0 Å². The lowest BCUT2D eigenvalue weighted by atomic mass is 9.99. The van der Waals surface area contributed by atoms with Crippen molar-refractivity contribution in [1.82, 2.24) is 0 Å². The van der Waals surface area contributed by atoms with Gasteiger partial charge in [0.1, 0.15) is 19.3 Å². The topological polar surface area (TPSA) is 237 Å². The van der Waals surface area contributed by atoms with Crippen LogP contribution in [0.3, 0.4) is 0 Å². The second-order valence-electron chi connectivity index (χ2n) is 31.3. The second-order valence-corrected chi connectivity index (χ2v) is 34.2. The fourth-order valence-corrected chi connectivity index (χ4v) is 14.3. The molecular weight excluding hydrogens is 1330 g/mol. The van der Waals surface area contributed by atoms with Gasteiger partial charge in [0.25, 0.3) is 0 Å². The maximum Gasteiger partial charge on any atom is 0.472 e. The Morgan fingerprint density at radius 2 is 0.471 bits per heavy atom. The maximum atomic E-state index is 13.1. The first-order valence-electron chi connectivity index (χ1n) is 42.8. The largest absolute Gasteiger partial charge is 0.472 e. The summed E-state index contributed by atoms with van der Waals surface area (Å²) in [4.78, 5) is 73.2. The van der Waals surface area contributed by atoms with E-state index < -0.39 is 97.5 Å². The quantitative estimate of drug-likeness (QED) is 0.0222. The number of phosphoric ester groups is 2. The van der Waals surface area contributed by atoms with Gasteiger partial charge < -0.3 is 33.8 Å². The summed E-state index contributed by atoms with van der Waals surface area (Å²) in [7, 11) is -9.93. The van der Waals surface area contributed by atoms with Gasteiger partial charge in [-0.3, -0.25) is 37.3 Å². The number of esters is 4. The average Bonchev–Trinajstić information content (AvgIpc) is 0.911. The summed E-state index contributed by atoms with van der Waals surface area (Å²) < 4.78 is 68.8. The van der Waals surface area contributed by atoms with Gasteiger partial charge in [-0.1, -0.05) is 376 Å². The van der Waals surface area contributed by atoms with Gasteiger partial charge >= 0.3 is 39.5 Å². The highest BCUT2D eigenvalue weighted by molar-refractivity contribution is 7.47. The predicted molar refractivity (Wildman–Crippen MR) is 418 cm³/mol. The van der Waals surface area contributed by atoms with Crippen molar-refractivity contribution in [3.05, 3.63) is 0 Å². The SMILES string of the molecule is CCC(C)CCCCCCCCCCCCCCCCC(=O)O[C@H](COC(=O)CCCCCCCCCCCCCCCC(C)C)COP(=O)(O)OC[C@@H](O)COP(=O)(O)OC[C@@H](COC(=O)CCCCCCCCCCC(C)CC)OC(=O)CCCCCCCCCCCCCCCC(C)C. The van der Waals surface area contributed by atoms with E-state index in [1.165, 1.54) is 231 Å². The molecule has 0 spiro atoms. The molecule has 3 N–H and O–H groups in total. The van der Waals surface area contributed by atoms with Gasteiger partial charge in [0.15, 0.2) is 12.2 Å². The maximum absolute atomic E-state index is 13.1. The Morgan fingerprint density at radius 3 is 0.696 bits per heavy atom.